The van der Waals surface area contributed by atoms with Crippen LogP contribution in [0.5, 0.6) is 5.75 Å². The first-order valence-corrected chi connectivity index (χ1v) is 11.3. The van der Waals surface area contributed by atoms with E-state index in [9.17, 15) is 26.4 Å². The molecule has 0 unspecified atom stereocenters. The molecule has 1 amide bonds. The van der Waals surface area contributed by atoms with Gasteiger partial charge < -0.3 is 10.5 Å². The lowest BCUT2D eigenvalue weighted by Gasteiger charge is -2.09. The Labute approximate surface area is 188 Å². The number of rotatable bonds is 6. The van der Waals surface area contributed by atoms with Gasteiger partial charge in [0.05, 0.1) is 5.25 Å². The number of nitrogens with two attached hydrogens (primary N) is 1. The first kappa shape index (κ1) is 24.3. The minimum Gasteiger partial charge on any atom is -0.489 e. The summed E-state index contributed by atoms with van der Waals surface area (Å²) in [6.07, 6.45) is 1.28. The number of halogens is 3. The molecule has 0 heterocycles. The summed E-state index contributed by atoms with van der Waals surface area (Å²) in [5.74, 6) is -3.22. The molecule has 0 bridgehead atoms. The molecule has 0 atom stereocenters. The first-order chi connectivity index (χ1) is 15.5. The van der Waals surface area contributed by atoms with Crippen molar-refractivity contribution < 1.29 is 35.7 Å². The van der Waals surface area contributed by atoms with Crippen molar-refractivity contribution in [2.75, 3.05) is 0 Å². The number of carbonyl (C=O) groups excluding carboxylic acids is 1. The number of benzene rings is 3. The van der Waals surface area contributed by atoms with E-state index in [1.165, 1.54) is 0 Å². The maximum absolute atomic E-state index is 13.8. The van der Waals surface area contributed by atoms with Crippen LogP contribution in [0, 0.1) is 17.5 Å². The highest BCUT2D eigenvalue weighted by molar-refractivity contribution is 7.86. The molecule has 33 heavy (non-hydrogen) atoms. The molecular formula is C23H20F3NO5S. The van der Waals surface area contributed by atoms with E-state index in [0.717, 1.165) is 11.6 Å². The zero-order valence-corrected chi connectivity index (χ0v) is 18.0. The van der Waals surface area contributed by atoms with Crippen molar-refractivity contribution in [1.82, 2.24) is 0 Å². The number of hydrogen-bond acceptors (Lipinski definition) is 4. The maximum Gasteiger partial charge on any atom is 0.267 e. The quantitative estimate of drug-likeness (QED) is 0.400. The molecule has 0 spiro atoms. The summed E-state index contributed by atoms with van der Waals surface area (Å²) < 4.78 is 73.8. The van der Waals surface area contributed by atoms with Gasteiger partial charge in [-0.25, -0.2) is 13.2 Å². The molecule has 6 nitrogen and oxygen atoms in total. The molecule has 1 fully saturated rings. The Morgan fingerprint density at radius 1 is 0.970 bits per heavy atom. The zero-order valence-electron chi connectivity index (χ0n) is 17.2. The third-order valence-electron chi connectivity index (χ3n) is 4.74. The fraction of sp³-hybridized carbons (Fsp3) is 0.174. The number of hydrogen-bond donors (Lipinski definition) is 2. The van der Waals surface area contributed by atoms with Crippen molar-refractivity contribution in [3.05, 3.63) is 89.2 Å². The molecule has 3 aromatic rings. The van der Waals surface area contributed by atoms with E-state index in [1.807, 2.05) is 0 Å². The minimum absolute atomic E-state index is 0.0374. The van der Waals surface area contributed by atoms with Crippen LogP contribution < -0.4 is 10.5 Å². The highest BCUT2D eigenvalue weighted by Gasteiger charge is 2.33. The van der Waals surface area contributed by atoms with Crippen LogP contribution in [0.15, 0.2) is 60.7 Å². The molecule has 4 rings (SSSR count). The number of ether oxygens (including phenoxy) is 1. The summed E-state index contributed by atoms with van der Waals surface area (Å²) in [5, 5.41) is -0.424. The number of carbonyl (C=O) groups is 1. The van der Waals surface area contributed by atoms with E-state index in [-0.39, 0.29) is 12.2 Å². The van der Waals surface area contributed by atoms with Gasteiger partial charge in [-0.2, -0.15) is 8.42 Å². The predicted molar refractivity (Wildman–Crippen MR) is 116 cm³/mol. The topological polar surface area (TPSA) is 107 Å². The molecule has 1 aliphatic carbocycles. The van der Waals surface area contributed by atoms with Gasteiger partial charge in [0.2, 0.25) is 5.91 Å². The van der Waals surface area contributed by atoms with E-state index in [1.54, 1.807) is 48.5 Å². The van der Waals surface area contributed by atoms with Gasteiger partial charge in [0, 0.05) is 17.2 Å². The van der Waals surface area contributed by atoms with Crippen LogP contribution in [-0.2, 0) is 16.7 Å². The summed E-state index contributed by atoms with van der Waals surface area (Å²) >= 11 is 0. The van der Waals surface area contributed by atoms with Crippen LogP contribution in [0.2, 0.25) is 0 Å². The summed E-state index contributed by atoms with van der Waals surface area (Å²) in [6.45, 7) is 0.208. The van der Waals surface area contributed by atoms with Crippen molar-refractivity contribution in [2.45, 2.75) is 24.7 Å². The molecule has 0 aliphatic heterocycles. The van der Waals surface area contributed by atoms with E-state index in [4.69, 9.17) is 15.0 Å². The van der Waals surface area contributed by atoms with Crippen LogP contribution >= 0.6 is 0 Å². The smallest absolute Gasteiger partial charge is 0.267 e. The highest BCUT2D eigenvalue weighted by atomic mass is 32.2. The second kappa shape index (κ2) is 10.1. The van der Waals surface area contributed by atoms with Gasteiger partial charge in [-0.15, -0.1) is 0 Å². The summed E-state index contributed by atoms with van der Waals surface area (Å²) in [6, 6.07) is 14.3. The molecule has 0 saturated heterocycles. The van der Waals surface area contributed by atoms with E-state index < -0.39 is 38.7 Å². The first-order valence-electron chi connectivity index (χ1n) is 9.77. The zero-order chi connectivity index (χ0) is 24.2. The van der Waals surface area contributed by atoms with Crippen LogP contribution in [-0.4, -0.2) is 24.1 Å². The third-order valence-corrected chi connectivity index (χ3v) is 6.05. The van der Waals surface area contributed by atoms with Crippen molar-refractivity contribution in [2.24, 2.45) is 5.73 Å². The average molecular weight is 479 g/mol. The molecule has 1 saturated carbocycles. The SMILES string of the molecule is NC(=O)c1cccc(COc2ccc(-c3cc(F)c(F)cc3F)cc2)c1.O=S(=O)(O)C1CC1. The van der Waals surface area contributed by atoms with Gasteiger partial charge in [0.25, 0.3) is 10.1 Å². The normalized spacial score (nSPS) is 13.1. The van der Waals surface area contributed by atoms with Crippen molar-refractivity contribution in [3.63, 3.8) is 0 Å². The lowest BCUT2D eigenvalue weighted by atomic mass is 10.0. The second-order valence-corrected chi connectivity index (χ2v) is 9.03. The molecule has 3 N–H and O–H groups in total. The Balaban J connectivity index is 0.000000374. The number of amides is 1. The molecule has 10 heteroatoms. The van der Waals surface area contributed by atoms with Crippen molar-refractivity contribution >= 4 is 16.0 Å². The lowest BCUT2D eigenvalue weighted by Crippen LogP contribution is -2.11. The standard InChI is InChI=1S/C20H14F3NO2.C3H6O3S/c21-17-10-19(23)18(22)9-16(17)13-4-6-15(7-5-13)26-11-12-2-1-3-14(8-12)20(24)25;4-7(5,6)3-1-2-3/h1-10H,11H2,(H2,24,25);3H,1-2H2,(H,4,5,6). The van der Waals surface area contributed by atoms with Gasteiger partial charge in [-0.3, -0.25) is 9.35 Å². The van der Waals surface area contributed by atoms with Crippen LogP contribution in [0.4, 0.5) is 13.2 Å². The Morgan fingerprint density at radius 2 is 1.61 bits per heavy atom. The Kier molecular flexibility index (Phi) is 7.39. The molecular weight excluding hydrogens is 459 g/mol. The van der Waals surface area contributed by atoms with Gasteiger partial charge in [0.1, 0.15) is 18.2 Å². The fourth-order valence-electron chi connectivity index (χ4n) is 2.82. The Hall–Kier alpha value is -3.37. The monoisotopic (exact) mass is 479 g/mol. The molecule has 0 radical (unpaired) electrons. The van der Waals surface area contributed by atoms with E-state index in [0.29, 0.717) is 35.8 Å². The summed E-state index contributed by atoms with van der Waals surface area (Å²) in [4.78, 5) is 11.2. The van der Waals surface area contributed by atoms with Crippen molar-refractivity contribution in [3.8, 4) is 16.9 Å². The fourth-order valence-corrected chi connectivity index (χ4v) is 3.55. The van der Waals surface area contributed by atoms with Crippen molar-refractivity contribution in [1.29, 1.82) is 0 Å². The maximum atomic E-state index is 13.8. The third kappa shape index (κ3) is 6.80. The predicted octanol–water partition coefficient (Wildman–Crippen LogP) is 4.49. The molecule has 1 aliphatic rings. The second-order valence-electron chi connectivity index (χ2n) is 7.34. The molecule has 0 aromatic heterocycles. The average Bonchev–Trinajstić information content (AvgIpc) is 3.62. The summed E-state index contributed by atoms with van der Waals surface area (Å²) in [7, 11) is -3.63. The van der Waals surface area contributed by atoms with Crippen LogP contribution in [0.25, 0.3) is 11.1 Å². The van der Waals surface area contributed by atoms with Crippen LogP contribution in [0.1, 0.15) is 28.8 Å². The number of primary amides is 1. The molecule has 174 valence electrons. The highest BCUT2D eigenvalue weighted by Crippen LogP contribution is 2.28. The minimum atomic E-state index is -3.63. The van der Waals surface area contributed by atoms with Gasteiger partial charge in [-0.1, -0.05) is 24.3 Å². The lowest BCUT2D eigenvalue weighted by molar-refractivity contribution is 0.1000. The van der Waals surface area contributed by atoms with Crippen LogP contribution in [0.3, 0.4) is 0 Å². The van der Waals surface area contributed by atoms with Gasteiger partial charge in [0.15, 0.2) is 11.6 Å². The van der Waals surface area contributed by atoms with E-state index >= 15 is 0 Å². The van der Waals surface area contributed by atoms with E-state index in [2.05, 4.69) is 0 Å². The molecule has 3 aromatic carbocycles. The Morgan fingerprint density at radius 3 is 2.15 bits per heavy atom. The summed E-state index contributed by atoms with van der Waals surface area (Å²) in [5.41, 5.74) is 6.73. The van der Waals surface area contributed by atoms with Gasteiger partial charge >= 0.3 is 0 Å². The largest absolute Gasteiger partial charge is 0.489 e. The Bertz CT molecular complexity index is 1260. The van der Waals surface area contributed by atoms with Gasteiger partial charge in [-0.05, 0) is 54.3 Å².